The first-order valence-electron chi connectivity index (χ1n) is 4.32. The third kappa shape index (κ3) is 2.56. The molecule has 70 valence electrons. The molecule has 0 amide bonds. The first-order valence-corrected chi connectivity index (χ1v) is 4.70. The summed E-state index contributed by atoms with van der Waals surface area (Å²) in [6.45, 7) is 5.71. The van der Waals surface area contributed by atoms with E-state index in [2.05, 4.69) is 0 Å². The lowest BCUT2D eigenvalue weighted by atomic mass is 10.00. The molecule has 0 saturated heterocycles. The summed E-state index contributed by atoms with van der Waals surface area (Å²) in [6.07, 6.45) is 0. The summed E-state index contributed by atoms with van der Waals surface area (Å²) in [5.74, 6) is 0.170. The first kappa shape index (κ1) is 10.3. The van der Waals surface area contributed by atoms with Crippen LogP contribution in [0.4, 0.5) is 0 Å². The molecule has 1 aromatic rings. The largest absolute Gasteiger partial charge is 0.294 e. The van der Waals surface area contributed by atoms with Gasteiger partial charge < -0.3 is 0 Å². The number of aryl methyl sites for hydroxylation is 1. The monoisotopic (exact) mass is 196 g/mol. The zero-order valence-corrected chi connectivity index (χ0v) is 8.85. The van der Waals surface area contributed by atoms with E-state index in [4.69, 9.17) is 11.6 Å². The standard InChI is InChI=1S/C11H13ClO/c1-7(2)11(13)9-4-8(3)5-10(12)6-9/h4-7H,1-3H3. The summed E-state index contributed by atoms with van der Waals surface area (Å²) in [5.41, 5.74) is 1.73. The van der Waals surface area contributed by atoms with Crippen molar-refractivity contribution in [3.8, 4) is 0 Å². The SMILES string of the molecule is Cc1cc(Cl)cc(C(=O)C(C)C)c1. The highest BCUT2D eigenvalue weighted by molar-refractivity contribution is 6.31. The average Bonchev–Trinajstić information content (AvgIpc) is 2.01. The lowest BCUT2D eigenvalue weighted by Gasteiger charge is -2.05. The van der Waals surface area contributed by atoms with E-state index in [0.717, 1.165) is 5.56 Å². The van der Waals surface area contributed by atoms with E-state index in [1.807, 2.05) is 32.9 Å². The highest BCUT2D eigenvalue weighted by atomic mass is 35.5. The number of benzene rings is 1. The topological polar surface area (TPSA) is 17.1 Å². The van der Waals surface area contributed by atoms with E-state index in [9.17, 15) is 4.79 Å². The highest BCUT2D eigenvalue weighted by Crippen LogP contribution is 2.17. The maximum absolute atomic E-state index is 11.6. The maximum atomic E-state index is 11.6. The normalized spacial score (nSPS) is 10.5. The smallest absolute Gasteiger partial charge is 0.165 e. The van der Waals surface area contributed by atoms with Crippen molar-refractivity contribution in [2.45, 2.75) is 20.8 Å². The van der Waals surface area contributed by atoms with E-state index in [1.54, 1.807) is 6.07 Å². The van der Waals surface area contributed by atoms with Gasteiger partial charge in [0, 0.05) is 16.5 Å². The molecule has 0 spiro atoms. The number of Topliss-reactive ketones (excluding diaryl/α,β-unsaturated/α-hetero) is 1. The molecule has 1 nitrogen and oxygen atoms in total. The van der Waals surface area contributed by atoms with Gasteiger partial charge >= 0.3 is 0 Å². The summed E-state index contributed by atoms with van der Waals surface area (Å²) >= 11 is 5.85. The Morgan fingerprint density at radius 2 is 1.92 bits per heavy atom. The Bertz CT molecular complexity index is 309. The lowest BCUT2D eigenvalue weighted by molar-refractivity contribution is 0.0939. The Labute approximate surface area is 83.7 Å². The zero-order chi connectivity index (χ0) is 10.0. The number of halogens is 1. The van der Waals surface area contributed by atoms with Gasteiger partial charge in [-0.3, -0.25) is 4.79 Å². The molecule has 0 fully saturated rings. The van der Waals surface area contributed by atoms with Crippen LogP contribution in [0.2, 0.25) is 5.02 Å². The predicted octanol–water partition coefficient (Wildman–Crippen LogP) is 3.49. The summed E-state index contributed by atoms with van der Waals surface area (Å²) in [5, 5.41) is 0.629. The van der Waals surface area contributed by atoms with Crippen molar-refractivity contribution >= 4 is 17.4 Å². The summed E-state index contributed by atoms with van der Waals surface area (Å²) in [4.78, 5) is 11.6. The second-order valence-electron chi connectivity index (χ2n) is 3.54. The summed E-state index contributed by atoms with van der Waals surface area (Å²) in [7, 11) is 0. The van der Waals surface area contributed by atoms with E-state index in [1.165, 1.54) is 0 Å². The molecule has 0 unspecified atom stereocenters. The van der Waals surface area contributed by atoms with Crippen molar-refractivity contribution in [1.29, 1.82) is 0 Å². The van der Waals surface area contributed by atoms with Gasteiger partial charge in [0.15, 0.2) is 5.78 Å². The quantitative estimate of drug-likeness (QED) is 0.662. The van der Waals surface area contributed by atoms with Crippen molar-refractivity contribution in [2.24, 2.45) is 5.92 Å². The van der Waals surface area contributed by atoms with Gasteiger partial charge in [-0.05, 0) is 30.7 Å². The Balaban J connectivity index is 3.08. The minimum Gasteiger partial charge on any atom is -0.294 e. The molecule has 0 radical (unpaired) electrons. The van der Waals surface area contributed by atoms with Crippen LogP contribution in [0.15, 0.2) is 18.2 Å². The number of hydrogen-bond donors (Lipinski definition) is 0. The van der Waals surface area contributed by atoms with E-state index < -0.39 is 0 Å². The molecule has 1 aromatic carbocycles. The molecule has 2 heteroatoms. The van der Waals surface area contributed by atoms with Crippen LogP contribution < -0.4 is 0 Å². The Kier molecular flexibility index (Phi) is 3.10. The first-order chi connectivity index (χ1) is 6.00. The van der Waals surface area contributed by atoms with Crippen molar-refractivity contribution < 1.29 is 4.79 Å². The molecule has 0 atom stereocenters. The third-order valence-electron chi connectivity index (χ3n) is 1.85. The molecule has 0 saturated carbocycles. The number of hydrogen-bond acceptors (Lipinski definition) is 1. The highest BCUT2D eigenvalue weighted by Gasteiger charge is 2.10. The summed E-state index contributed by atoms with van der Waals surface area (Å²) in [6, 6.07) is 5.43. The van der Waals surface area contributed by atoms with Gasteiger partial charge in [0.2, 0.25) is 0 Å². The van der Waals surface area contributed by atoms with Gasteiger partial charge in [-0.15, -0.1) is 0 Å². The lowest BCUT2D eigenvalue weighted by Crippen LogP contribution is -2.07. The van der Waals surface area contributed by atoms with Gasteiger partial charge in [-0.25, -0.2) is 0 Å². The Hall–Kier alpha value is -0.820. The zero-order valence-electron chi connectivity index (χ0n) is 8.10. The van der Waals surface area contributed by atoms with Crippen molar-refractivity contribution in [3.63, 3.8) is 0 Å². The van der Waals surface area contributed by atoms with Crippen molar-refractivity contribution in [2.75, 3.05) is 0 Å². The second-order valence-corrected chi connectivity index (χ2v) is 3.97. The number of carbonyl (C=O) groups is 1. The number of ketones is 1. The number of rotatable bonds is 2. The van der Waals surface area contributed by atoms with Gasteiger partial charge in [0.1, 0.15) is 0 Å². The van der Waals surface area contributed by atoms with Crippen LogP contribution in [0.3, 0.4) is 0 Å². The third-order valence-corrected chi connectivity index (χ3v) is 2.07. The molecule has 0 bridgehead atoms. The molecule has 0 N–H and O–H groups in total. The van der Waals surface area contributed by atoms with Crippen LogP contribution in [0.25, 0.3) is 0 Å². The van der Waals surface area contributed by atoms with Crippen LogP contribution in [0.5, 0.6) is 0 Å². The van der Waals surface area contributed by atoms with Crippen molar-refractivity contribution in [1.82, 2.24) is 0 Å². The van der Waals surface area contributed by atoms with Gasteiger partial charge in [0.25, 0.3) is 0 Å². The predicted molar refractivity (Wildman–Crippen MR) is 55.4 cm³/mol. The summed E-state index contributed by atoms with van der Waals surface area (Å²) < 4.78 is 0. The van der Waals surface area contributed by atoms with Crippen LogP contribution in [0, 0.1) is 12.8 Å². The molecule has 0 aliphatic rings. The molecule has 0 aliphatic heterocycles. The molecule has 13 heavy (non-hydrogen) atoms. The Morgan fingerprint density at radius 1 is 1.31 bits per heavy atom. The van der Waals surface area contributed by atoms with E-state index >= 15 is 0 Å². The van der Waals surface area contributed by atoms with Crippen LogP contribution in [0.1, 0.15) is 29.8 Å². The fourth-order valence-corrected chi connectivity index (χ4v) is 1.50. The fraction of sp³-hybridized carbons (Fsp3) is 0.364. The fourth-order valence-electron chi connectivity index (χ4n) is 1.21. The molecular formula is C11H13ClO. The van der Waals surface area contributed by atoms with Crippen LogP contribution >= 0.6 is 11.6 Å². The average molecular weight is 197 g/mol. The molecule has 0 aromatic heterocycles. The number of carbonyl (C=O) groups excluding carboxylic acids is 1. The molecule has 0 heterocycles. The van der Waals surface area contributed by atoms with Gasteiger partial charge in [-0.2, -0.15) is 0 Å². The Morgan fingerprint density at radius 3 is 2.38 bits per heavy atom. The van der Waals surface area contributed by atoms with E-state index in [0.29, 0.717) is 10.6 Å². The molecule has 0 aliphatic carbocycles. The van der Waals surface area contributed by atoms with Gasteiger partial charge in [-0.1, -0.05) is 25.4 Å². The second kappa shape index (κ2) is 3.93. The molecule has 1 rings (SSSR count). The van der Waals surface area contributed by atoms with E-state index in [-0.39, 0.29) is 11.7 Å². The van der Waals surface area contributed by atoms with Crippen LogP contribution in [-0.2, 0) is 0 Å². The van der Waals surface area contributed by atoms with Crippen molar-refractivity contribution in [3.05, 3.63) is 34.3 Å². The van der Waals surface area contributed by atoms with Gasteiger partial charge in [0.05, 0.1) is 0 Å². The molecular weight excluding hydrogens is 184 g/mol. The maximum Gasteiger partial charge on any atom is 0.165 e. The minimum atomic E-state index is 0.0258. The minimum absolute atomic E-state index is 0.0258. The van der Waals surface area contributed by atoms with Crippen LogP contribution in [-0.4, -0.2) is 5.78 Å².